The number of carbonyl (C=O) groups is 5. The van der Waals surface area contributed by atoms with Crippen molar-refractivity contribution in [2.75, 3.05) is 14.2 Å². The number of hydrogen-bond acceptors (Lipinski definition) is 8. The van der Waals surface area contributed by atoms with Crippen LogP contribution in [0.3, 0.4) is 0 Å². The van der Waals surface area contributed by atoms with Crippen LogP contribution in [-0.2, 0) is 28.6 Å². The van der Waals surface area contributed by atoms with Gasteiger partial charge < -0.3 is 14.2 Å². The summed E-state index contributed by atoms with van der Waals surface area (Å²) in [4.78, 5) is 63.0. The molecule has 2 rings (SSSR count). The molecule has 0 N–H and O–H groups in total. The fourth-order valence-corrected chi connectivity index (χ4v) is 2.77. The summed E-state index contributed by atoms with van der Waals surface area (Å²) >= 11 is 0. The summed E-state index contributed by atoms with van der Waals surface area (Å²) in [6.45, 7) is 4.77. The Morgan fingerprint density at radius 3 is 1.83 bits per heavy atom. The number of rotatable bonds is 6. The number of benzene rings is 1. The van der Waals surface area contributed by atoms with Crippen LogP contribution in [0.5, 0.6) is 0 Å². The molecule has 29 heavy (non-hydrogen) atoms. The van der Waals surface area contributed by atoms with Crippen LogP contribution in [0.1, 0.15) is 47.9 Å². The van der Waals surface area contributed by atoms with Gasteiger partial charge in [-0.05, 0) is 32.9 Å². The Labute approximate surface area is 167 Å². The highest BCUT2D eigenvalue weighted by Crippen LogP contribution is 2.28. The fraction of sp³-hybridized carbons (Fsp3) is 0.450. The van der Waals surface area contributed by atoms with Crippen molar-refractivity contribution >= 4 is 29.7 Å². The Balaban J connectivity index is 2.38. The van der Waals surface area contributed by atoms with Crippen LogP contribution in [0.25, 0.3) is 0 Å². The lowest BCUT2D eigenvalue weighted by molar-refractivity contribution is -0.173. The first kappa shape index (κ1) is 22.1. The molecular formula is C20H23NO8. The number of fused-ring (bicyclic) bond motifs is 1. The van der Waals surface area contributed by atoms with Crippen molar-refractivity contribution in [2.45, 2.75) is 39.3 Å². The quantitative estimate of drug-likeness (QED) is 0.396. The summed E-state index contributed by atoms with van der Waals surface area (Å²) in [5.74, 6) is -3.97. The molecule has 1 aromatic rings. The van der Waals surface area contributed by atoms with Crippen molar-refractivity contribution in [3.63, 3.8) is 0 Å². The lowest BCUT2D eigenvalue weighted by atomic mass is 9.97. The zero-order chi connectivity index (χ0) is 21.9. The second-order valence-corrected chi connectivity index (χ2v) is 7.47. The predicted molar refractivity (Wildman–Crippen MR) is 98.7 cm³/mol. The van der Waals surface area contributed by atoms with Crippen LogP contribution in [0.4, 0.5) is 0 Å². The molecular weight excluding hydrogens is 382 g/mol. The van der Waals surface area contributed by atoms with Gasteiger partial charge in [-0.3, -0.25) is 19.3 Å². The lowest BCUT2D eigenvalue weighted by Gasteiger charge is -2.28. The van der Waals surface area contributed by atoms with Gasteiger partial charge in [0.15, 0.2) is 0 Å². The molecule has 0 radical (unpaired) electrons. The van der Waals surface area contributed by atoms with Crippen LogP contribution in [0.2, 0.25) is 0 Å². The normalized spacial score (nSPS) is 15.4. The standard InChI is InChI=1S/C20H23NO8/c1-20(2,3)19(26)29-14(18(25)28-5)10-13(17(24)27-4)21-15(22)11-8-6-7-9-12(11)16(21)23/h6-9,13-14H,10H2,1-5H3/t13-,14+/m1/s1. The van der Waals surface area contributed by atoms with Crippen molar-refractivity contribution < 1.29 is 38.2 Å². The number of nitrogens with zero attached hydrogens (tertiary/aromatic N) is 1. The van der Waals surface area contributed by atoms with Gasteiger partial charge >= 0.3 is 17.9 Å². The van der Waals surface area contributed by atoms with E-state index in [-0.39, 0.29) is 11.1 Å². The molecule has 9 heteroatoms. The van der Waals surface area contributed by atoms with Crippen molar-refractivity contribution in [3.8, 4) is 0 Å². The van der Waals surface area contributed by atoms with Gasteiger partial charge in [0.25, 0.3) is 11.8 Å². The topological polar surface area (TPSA) is 116 Å². The van der Waals surface area contributed by atoms with E-state index in [0.29, 0.717) is 0 Å². The minimum atomic E-state index is -1.51. The van der Waals surface area contributed by atoms with Gasteiger partial charge in [-0.25, -0.2) is 9.59 Å². The number of hydrogen-bond donors (Lipinski definition) is 0. The van der Waals surface area contributed by atoms with E-state index in [2.05, 4.69) is 4.74 Å². The Morgan fingerprint density at radius 1 is 0.931 bits per heavy atom. The van der Waals surface area contributed by atoms with Gasteiger partial charge in [-0.15, -0.1) is 0 Å². The number of carbonyl (C=O) groups excluding carboxylic acids is 5. The van der Waals surface area contributed by atoms with Crippen molar-refractivity contribution in [2.24, 2.45) is 5.41 Å². The average molecular weight is 405 g/mol. The van der Waals surface area contributed by atoms with E-state index in [1.807, 2.05) is 0 Å². The molecule has 0 fully saturated rings. The van der Waals surface area contributed by atoms with Gasteiger partial charge in [0.2, 0.25) is 6.10 Å². The fourth-order valence-electron chi connectivity index (χ4n) is 2.77. The summed E-state index contributed by atoms with van der Waals surface area (Å²) in [6.07, 6.45) is -2.01. The SMILES string of the molecule is COC(=O)[C@H](C[C@H](C(=O)OC)N1C(=O)c2ccccc2C1=O)OC(=O)C(C)(C)C. The van der Waals surface area contributed by atoms with E-state index >= 15 is 0 Å². The third kappa shape index (κ3) is 4.44. The summed E-state index contributed by atoms with van der Waals surface area (Å²) in [7, 11) is 2.18. The van der Waals surface area contributed by atoms with Crippen molar-refractivity contribution in [1.82, 2.24) is 4.90 Å². The summed E-state index contributed by atoms with van der Waals surface area (Å²) in [6, 6.07) is 4.61. The zero-order valence-corrected chi connectivity index (χ0v) is 16.9. The molecule has 0 aromatic heterocycles. The molecule has 1 aliphatic rings. The molecule has 156 valence electrons. The zero-order valence-electron chi connectivity index (χ0n) is 16.9. The number of methoxy groups -OCH3 is 2. The summed E-state index contributed by atoms with van der Waals surface area (Å²) in [5, 5.41) is 0. The highest BCUT2D eigenvalue weighted by atomic mass is 16.6. The molecule has 2 atom stereocenters. The molecule has 2 amide bonds. The molecule has 0 aliphatic carbocycles. The van der Waals surface area contributed by atoms with Gasteiger partial charge in [0.1, 0.15) is 6.04 Å². The van der Waals surface area contributed by atoms with E-state index in [9.17, 15) is 24.0 Å². The molecule has 1 aromatic carbocycles. The molecule has 9 nitrogen and oxygen atoms in total. The number of esters is 3. The highest BCUT2D eigenvalue weighted by Gasteiger charge is 2.46. The molecule has 0 spiro atoms. The third-order valence-corrected chi connectivity index (χ3v) is 4.37. The monoisotopic (exact) mass is 405 g/mol. The predicted octanol–water partition coefficient (Wildman–Crippen LogP) is 1.35. The summed E-state index contributed by atoms with van der Waals surface area (Å²) in [5.41, 5.74) is -0.664. The number of ether oxygens (including phenoxy) is 3. The first-order valence-corrected chi connectivity index (χ1v) is 8.86. The van der Waals surface area contributed by atoms with E-state index in [1.165, 1.54) is 12.1 Å². The maximum Gasteiger partial charge on any atom is 0.347 e. The molecule has 0 saturated heterocycles. The molecule has 0 saturated carbocycles. The second kappa shape index (κ2) is 8.42. The number of amides is 2. The Bertz CT molecular complexity index is 819. The van der Waals surface area contributed by atoms with Crippen LogP contribution in [0, 0.1) is 5.41 Å². The average Bonchev–Trinajstić information content (AvgIpc) is 2.94. The van der Waals surface area contributed by atoms with Crippen LogP contribution < -0.4 is 0 Å². The summed E-state index contributed by atoms with van der Waals surface area (Å²) < 4.78 is 14.6. The smallest absolute Gasteiger partial charge is 0.347 e. The third-order valence-electron chi connectivity index (χ3n) is 4.37. The van der Waals surface area contributed by atoms with E-state index in [1.54, 1.807) is 32.9 Å². The maximum atomic E-state index is 12.7. The first-order valence-electron chi connectivity index (χ1n) is 8.86. The van der Waals surface area contributed by atoms with Crippen LogP contribution in [0.15, 0.2) is 24.3 Å². The maximum absolute atomic E-state index is 12.7. The van der Waals surface area contributed by atoms with E-state index in [0.717, 1.165) is 19.1 Å². The molecule has 0 unspecified atom stereocenters. The van der Waals surface area contributed by atoms with Crippen LogP contribution >= 0.6 is 0 Å². The van der Waals surface area contributed by atoms with Gasteiger partial charge in [-0.1, -0.05) is 12.1 Å². The van der Waals surface area contributed by atoms with Gasteiger partial charge in [0, 0.05) is 6.42 Å². The second-order valence-electron chi connectivity index (χ2n) is 7.47. The molecule has 0 bridgehead atoms. The van der Waals surface area contributed by atoms with Crippen molar-refractivity contribution in [3.05, 3.63) is 35.4 Å². The van der Waals surface area contributed by atoms with Crippen LogP contribution in [-0.4, -0.2) is 61.0 Å². The Morgan fingerprint density at radius 2 is 1.41 bits per heavy atom. The first-order chi connectivity index (χ1) is 13.5. The Kier molecular flexibility index (Phi) is 6.41. The molecule has 1 heterocycles. The highest BCUT2D eigenvalue weighted by molar-refractivity contribution is 6.22. The van der Waals surface area contributed by atoms with Crippen molar-refractivity contribution in [1.29, 1.82) is 0 Å². The largest absolute Gasteiger partial charge is 0.467 e. The van der Waals surface area contributed by atoms with Gasteiger partial charge in [0.05, 0.1) is 30.8 Å². The van der Waals surface area contributed by atoms with E-state index in [4.69, 9.17) is 9.47 Å². The minimum Gasteiger partial charge on any atom is -0.467 e. The molecule has 1 aliphatic heterocycles. The lowest BCUT2D eigenvalue weighted by Crippen LogP contribution is -2.49. The number of imide groups is 1. The van der Waals surface area contributed by atoms with Gasteiger partial charge in [-0.2, -0.15) is 0 Å². The van der Waals surface area contributed by atoms with E-state index < -0.39 is 53.7 Å². The Hall–Kier alpha value is -3.23. The minimum absolute atomic E-state index is 0.132.